The summed E-state index contributed by atoms with van der Waals surface area (Å²) in [6.07, 6.45) is 8.69. The molecule has 2 fully saturated rings. The largest absolute Gasteiger partial charge is 0.359 e. The number of nitrogens with zero attached hydrogens (tertiary/aromatic N) is 1. The van der Waals surface area contributed by atoms with E-state index in [0.29, 0.717) is 5.92 Å². The molecule has 3 amide bonds. The number of urea groups is 1. The van der Waals surface area contributed by atoms with Gasteiger partial charge in [-0.05, 0) is 44.4 Å². The van der Waals surface area contributed by atoms with Crippen LogP contribution >= 0.6 is 0 Å². The Bertz CT molecular complexity index is 359. The molecule has 0 spiro atoms. The molecule has 0 saturated heterocycles. The van der Waals surface area contributed by atoms with Gasteiger partial charge in [0.05, 0.1) is 0 Å². The normalized spacial score (nSPS) is 26.4. The second kappa shape index (κ2) is 7.66. The highest BCUT2D eigenvalue weighted by molar-refractivity contribution is 5.78. The van der Waals surface area contributed by atoms with Crippen molar-refractivity contribution in [1.82, 2.24) is 15.5 Å². The molecule has 21 heavy (non-hydrogen) atoms. The van der Waals surface area contributed by atoms with Crippen molar-refractivity contribution in [2.45, 2.75) is 57.4 Å². The summed E-state index contributed by atoms with van der Waals surface area (Å²) in [5.41, 5.74) is 0. The number of hydrogen-bond donors (Lipinski definition) is 2. The van der Waals surface area contributed by atoms with E-state index in [4.69, 9.17) is 0 Å². The molecule has 0 heterocycles. The van der Waals surface area contributed by atoms with E-state index in [1.54, 1.807) is 7.05 Å². The second-order valence-electron chi connectivity index (χ2n) is 6.64. The molecule has 0 aliphatic heterocycles. The third-order valence-electron chi connectivity index (χ3n) is 5.03. The first-order chi connectivity index (χ1) is 10.1. The van der Waals surface area contributed by atoms with Crippen molar-refractivity contribution in [3.8, 4) is 0 Å². The van der Waals surface area contributed by atoms with Crippen LogP contribution in [0.2, 0.25) is 0 Å². The summed E-state index contributed by atoms with van der Waals surface area (Å²) >= 11 is 0. The van der Waals surface area contributed by atoms with Crippen LogP contribution in [0.3, 0.4) is 0 Å². The van der Waals surface area contributed by atoms with Crippen LogP contribution in [0.25, 0.3) is 0 Å². The Balaban J connectivity index is 1.69. The topological polar surface area (TPSA) is 61.4 Å². The van der Waals surface area contributed by atoms with Gasteiger partial charge < -0.3 is 15.5 Å². The summed E-state index contributed by atoms with van der Waals surface area (Å²) in [7, 11) is 3.58. The Hall–Kier alpha value is -1.26. The minimum atomic E-state index is 0.0466. The van der Waals surface area contributed by atoms with Crippen molar-refractivity contribution >= 4 is 11.9 Å². The van der Waals surface area contributed by atoms with Gasteiger partial charge >= 0.3 is 6.03 Å². The van der Waals surface area contributed by atoms with Crippen LogP contribution in [0.15, 0.2) is 0 Å². The second-order valence-corrected chi connectivity index (χ2v) is 6.64. The zero-order valence-electron chi connectivity index (χ0n) is 13.4. The van der Waals surface area contributed by atoms with Crippen molar-refractivity contribution in [2.75, 3.05) is 20.6 Å². The predicted octanol–water partition coefficient (Wildman–Crippen LogP) is 2.12. The van der Waals surface area contributed by atoms with Gasteiger partial charge in [-0.2, -0.15) is 0 Å². The number of nitrogens with one attached hydrogen (secondary N) is 2. The molecular formula is C16H29N3O2. The Kier molecular flexibility index (Phi) is 5.88. The number of carbonyl (C=O) groups excluding carboxylic acids is 2. The molecule has 2 saturated carbocycles. The van der Waals surface area contributed by atoms with Crippen LogP contribution < -0.4 is 10.6 Å². The Labute approximate surface area is 127 Å². The fourth-order valence-electron chi connectivity index (χ4n) is 3.65. The molecule has 0 unspecified atom stereocenters. The van der Waals surface area contributed by atoms with Gasteiger partial charge in [0.15, 0.2) is 0 Å². The van der Waals surface area contributed by atoms with Crippen LogP contribution in [0, 0.1) is 11.8 Å². The average molecular weight is 295 g/mol. The van der Waals surface area contributed by atoms with E-state index in [1.165, 1.54) is 25.7 Å². The highest BCUT2D eigenvalue weighted by Crippen LogP contribution is 2.26. The van der Waals surface area contributed by atoms with Crippen LogP contribution in [0.4, 0.5) is 4.79 Å². The van der Waals surface area contributed by atoms with Gasteiger partial charge in [-0.15, -0.1) is 0 Å². The minimum absolute atomic E-state index is 0.0466. The van der Waals surface area contributed by atoms with E-state index >= 15 is 0 Å². The van der Waals surface area contributed by atoms with Gasteiger partial charge in [0.25, 0.3) is 0 Å². The lowest BCUT2D eigenvalue weighted by Gasteiger charge is -2.30. The Morgan fingerprint density at radius 1 is 1.05 bits per heavy atom. The van der Waals surface area contributed by atoms with Gasteiger partial charge in [-0.25, -0.2) is 4.79 Å². The fraction of sp³-hybridized carbons (Fsp3) is 0.875. The maximum Gasteiger partial charge on any atom is 0.317 e. The van der Waals surface area contributed by atoms with Crippen LogP contribution in [0.1, 0.15) is 51.4 Å². The zero-order valence-corrected chi connectivity index (χ0v) is 13.4. The molecule has 0 aromatic heterocycles. The van der Waals surface area contributed by atoms with Crippen molar-refractivity contribution in [3.63, 3.8) is 0 Å². The molecule has 5 nitrogen and oxygen atoms in total. The SMILES string of the molecule is CNC(=O)C1CCC(NC(=O)N(C)CC2CCCC2)CC1. The minimum Gasteiger partial charge on any atom is -0.359 e. The van der Waals surface area contributed by atoms with E-state index in [0.717, 1.165) is 32.2 Å². The molecule has 5 heteroatoms. The number of amides is 3. The Morgan fingerprint density at radius 2 is 1.67 bits per heavy atom. The first-order valence-electron chi connectivity index (χ1n) is 8.33. The molecule has 0 aromatic rings. The van der Waals surface area contributed by atoms with Gasteiger partial charge in [-0.1, -0.05) is 12.8 Å². The van der Waals surface area contributed by atoms with E-state index in [9.17, 15) is 9.59 Å². The maximum absolute atomic E-state index is 12.2. The quantitative estimate of drug-likeness (QED) is 0.834. The van der Waals surface area contributed by atoms with Crippen molar-refractivity contribution in [1.29, 1.82) is 0 Å². The smallest absolute Gasteiger partial charge is 0.317 e. The summed E-state index contributed by atoms with van der Waals surface area (Å²) in [5.74, 6) is 0.947. The molecule has 120 valence electrons. The molecule has 2 rings (SSSR count). The van der Waals surface area contributed by atoms with Crippen LogP contribution in [-0.4, -0.2) is 43.5 Å². The summed E-state index contributed by atoms with van der Waals surface area (Å²) in [6, 6.07) is 0.273. The molecule has 0 aromatic carbocycles. The highest BCUT2D eigenvalue weighted by Gasteiger charge is 2.27. The lowest BCUT2D eigenvalue weighted by Crippen LogP contribution is -2.46. The van der Waals surface area contributed by atoms with E-state index < -0.39 is 0 Å². The molecular weight excluding hydrogens is 266 g/mol. The number of hydrogen-bond acceptors (Lipinski definition) is 2. The fourth-order valence-corrected chi connectivity index (χ4v) is 3.65. The maximum atomic E-state index is 12.2. The third-order valence-corrected chi connectivity index (χ3v) is 5.03. The van der Waals surface area contributed by atoms with Crippen LogP contribution in [-0.2, 0) is 4.79 Å². The summed E-state index contributed by atoms with van der Waals surface area (Å²) in [6.45, 7) is 0.874. The number of rotatable bonds is 4. The van der Waals surface area contributed by atoms with Crippen molar-refractivity contribution in [2.24, 2.45) is 11.8 Å². The first-order valence-corrected chi connectivity index (χ1v) is 8.33. The third kappa shape index (κ3) is 4.61. The number of carbonyl (C=O) groups is 2. The van der Waals surface area contributed by atoms with Crippen molar-refractivity contribution in [3.05, 3.63) is 0 Å². The van der Waals surface area contributed by atoms with Crippen LogP contribution in [0.5, 0.6) is 0 Å². The molecule has 2 aliphatic carbocycles. The average Bonchev–Trinajstić information content (AvgIpc) is 3.00. The van der Waals surface area contributed by atoms with Gasteiger partial charge in [0.2, 0.25) is 5.91 Å². The standard InChI is InChI=1S/C16H29N3O2/c1-17-15(20)13-7-9-14(10-8-13)18-16(21)19(2)11-12-5-3-4-6-12/h12-14H,3-11H2,1-2H3,(H,17,20)(H,18,21). The molecule has 0 atom stereocenters. The highest BCUT2D eigenvalue weighted by atomic mass is 16.2. The van der Waals surface area contributed by atoms with E-state index in [1.807, 2.05) is 11.9 Å². The summed E-state index contributed by atoms with van der Waals surface area (Å²) in [5, 5.41) is 5.84. The monoisotopic (exact) mass is 295 g/mol. The molecule has 2 aliphatic rings. The lowest BCUT2D eigenvalue weighted by atomic mass is 9.85. The predicted molar refractivity (Wildman–Crippen MR) is 82.9 cm³/mol. The molecule has 2 N–H and O–H groups in total. The zero-order chi connectivity index (χ0) is 15.2. The van der Waals surface area contributed by atoms with E-state index in [2.05, 4.69) is 10.6 Å². The summed E-state index contributed by atoms with van der Waals surface area (Å²) < 4.78 is 0. The van der Waals surface area contributed by atoms with E-state index in [-0.39, 0.29) is 23.9 Å². The summed E-state index contributed by atoms with van der Waals surface area (Å²) in [4.78, 5) is 25.6. The molecule has 0 radical (unpaired) electrons. The lowest BCUT2D eigenvalue weighted by molar-refractivity contribution is -0.125. The van der Waals surface area contributed by atoms with Gasteiger partial charge in [0.1, 0.15) is 0 Å². The molecule has 0 bridgehead atoms. The van der Waals surface area contributed by atoms with Gasteiger partial charge in [0, 0.05) is 32.6 Å². The van der Waals surface area contributed by atoms with Crippen molar-refractivity contribution < 1.29 is 9.59 Å². The Morgan fingerprint density at radius 3 is 2.24 bits per heavy atom. The first kappa shape index (κ1) is 16.1. The van der Waals surface area contributed by atoms with Gasteiger partial charge in [-0.3, -0.25) is 4.79 Å².